The lowest BCUT2D eigenvalue weighted by atomic mass is 10.2. The van der Waals surface area contributed by atoms with Gasteiger partial charge < -0.3 is 9.15 Å². The lowest BCUT2D eigenvalue weighted by Crippen LogP contribution is -1.94. The van der Waals surface area contributed by atoms with E-state index in [-0.39, 0.29) is 5.63 Å². The molecule has 1 heterocycles. The van der Waals surface area contributed by atoms with Gasteiger partial charge >= 0.3 is 5.63 Å². The molecule has 0 fully saturated rings. The lowest BCUT2D eigenvalue weighted by molar-refractivity contribution is 0.483. The third-order valence-corrected chi connectivity index (χ3v) is 1.81. The average molecular weight is 188 g/mol. The third kappa shape index (κ3) is 1.52. The van der Waals surface area contributed by atoms with E-state index < -0.39 is 0 Å². The molecule has 0 aliphatic rings. The molecule has 0 atom stereocenters. The van der Waals surface area contributed by atoms with Crippen LogP contribution in [0.25, 0.3) is 11.0 Å². The van der Waals surface area contributed by atoms with E-state index in [0.717, 1.165) is 5.39 Å². The van der Waals surface area contributed by atoms with Crippen LogP contribution in [-0.4, -0.2) is 0 Å². The largest absolute Gasteiger partial charge is 0.466 e. The van der Waals surface area contributed by atoms with Crippen LogP contribution in [0.4, 0.5) is 0 Å². The smallest absolute Gasteiger partial charge is 0.336 e. The molecule has 14 heavy (non-hydrogen) atoms. The van der Waals surface area contributed by atoms with Crippen LogP contribution in [0.3, 0.4) is 0 Å². The van der Waals surface area contributed by atoms with Gasteiger partial charge in [-0.1, -0.05) is 6.58 Å². The van der Waals surface area contributed by atoms with E-state index >= 15 is 0 Å². The van der Waals surface area contributed by atoms with Crippen molar-refractivity contribution in [2.45, 2.75) is 0 Å². The molecule has 3 nitrogen and oxygen atoms in total. The van der Waals surface area contributed by atoms with Crippen molar-refractivity contribution >= 4 is 11.0 Å². The molecule has 1 aromatic heterocycles. The fraction of sp³-hybridized carbons (Fsp3) is 0. The number of hydrogen-bond donors (Lipinski definition) is 0. The maximum atomic E-state index is 10.9. The molecule has 0 saturated heterocycles. The van der Waals surface area contributed by atoms with Crippen molar-refractivity contribution in [1.82, 2.24) is 0 Å². The molecule has 0 aliphatic heterocycles. The van der Waals surface area contributed by atoms with Crippen molar-refractivity contribution in [3.8, 4) is 5.75 Å². The fourth-order valence-electron chi connectivity index (χ4n) is 1.22. The molecule has 0 spiro atoms. The van der Waals surface area contributed by atoms with E-state index in [1.54, 1.807) is 24.3 Å². The van der Waals surface area contributed by atoms with Gasteiger partial charge in [0.05, 0.1) is 6.26 Å². The van der Waals surface area contributed by atoms with Crippen molar-refractivity contribution in [2.24, 2.45) is 0 Å². The normalized spacial score (nSPS) is 10.0. The van der Waals surface area contributed by atoms with Crippen molar-refractivity contribution in [2.75, 3.05) is 0 Å². The number of ether oxygens (including phenoxy) is 1. The zero-order valence-corrected chi connectivity index (χ0v) is 7.40. The minimum Gasteiger partial charge on any atom is -0.466 e. The lowest BCUT2D eigenvalue weighted by Gasteiger charge is -2.00. The quantitative estimate of drug-likeness (QED) is 0.536. The van der Waals surface area contributed by atoms with Gasteiger partial charge in [-0.2, -0.15) is 0 Å². The van der Waals surface area contributed by atoms with Crippen LogP contribution in [0.15, 0.2) is 52.4 Å². The Morgan fingerprint density at radius 3 is 2.93 bits per heavy atom. The molecular weight excluding hydrogens is 180 g/mol. The summed E-state index contributed by atoms with van der Waals surface area (Å²) < 4.78 is 10.0. The highest BCUT2D eigenvalue weighted by Gasteiger charge is 1.98. The molecule has 1 aromatic carbocycles. The molecular formula is C11H8O3. The first-order valence-corrected chi connectivity index (χ1v) is 4.11. The summed E-state index contributed by atoms with van der Waals surface area (Å²) in [5, 5.41) is 0.823. The molecule has 0 aliphatic carbocycles. The van der Waals surface area contributed by atoms with Crippen LogP contribution in [0.1, 0.15) is 0 Å². The Morgan fingerprint density at radius 2 is 2.14 bits per heavy atom. The van der Waals surface area contributed by atoms with Gasteiger partial charge in [0, 0.05) is 11.5 Å². The Morgan fingerprint density at radius 1 is 1.29 bits per heavy atom. The second-order valence-electron chi connectivity index (χ2n) is 2.74. The summed E-state index contributed by atoms with van der Waals surface area (Å²) >= 11 is 0. The van der Waals surface area contributed by atoms with Crippen molar-refractivity contribution < 1.29 is 9.15 Å². The zero-order valence-electron chi connectivity index (χ0n) is 7.40. The topological polar surface area (TPSA) is 39.4 Å². The van der Waals surface area contributed by atoms with E-state index in [0.29, 0.717) is 11.3 Å². The van der Waals surface area contributed by atoms with Crippen LogP contribution in [0.5, 0.6) is 5.75 Å². The zero-order chi connectivity index (χ0) is 9.97. The van der Waals surface area contributed by atoms with E-state index in [9.17, 15) is 4.79 Å². The summed E-state index contributed by atoms with van der Waals surface area (Å²) in [4.78, 5) is 10.9. The summed E-state index contributed by atoms with van der Waals surface area (Å²) in [6.07, 6.45) is 1.35. The van der Waals surface area contributed by atoms with Gasteiger partial charge in [0.1, 0.15) is 11.3 Å². The standard InChI is InChI=1S/C11H8O3/c1-2-13-9-4-5-10-8(7-9)3-6-11(12)14-10/h2-7H,1H2. The number of rotatable bonds is 2. The maximum absolute atomic E-state index is 10.9. The summed E-state index contributed by atoms with van der Waals surface area (Å²) in [5.74, 6) is 0.668. The average Bonchev–Trinajstić information content (AvgIpc) is 2.19. The first kappa shape index (κ1) is 8.56. The predicted octanol–water partition coefficient (Wildman–Crippen LogP) is 2.32. The van der Waals surface area contributed by atoms with Gasteiger partial charge in [0.2, 0.25) is 0 Å². The van der Waals surface area contributed by atoms with Crippen LogP contribution < -0.4 is 10.4 Å². The number of fused-ring (bicyclic) bond motifs is 1. The predicted molar refractivity (Wildman–Crippen MR) is 53.3 cm³/mol. The molecule has 0 amide bonds. The van der Waals surface area contributed by atoms with E-state index in [2.05, 4.69) is 6.58 Å². The summed E-state index contributed by atoms with van der Waals surface area (Å²) in [6, 6.07) is 8.25. The van der Waals surface area contributed by atoms with Gasteiger partial charge in [-0.25, -0.2) is 4.79 Å². The second-order valence-corrected chi connectivity index (χ2v) is 2.74. The molecule has 0 unspecified atom stereocenters. The SMILES string of the molecule is C=COc1ccc2oc(=O)ccc2c1. The van der Waals surface area contributed by atoms with Crippen molar-refractivity contribution in [3.63, 3.8) is 0 Å². The molecule has 0 saturated carbocycles. The number of benzene rings is 1. The minimum atomic E-state index is -0.352. The van der Waals surface area contributed by atoms with Gasteiger partial charge in [-0.3, -0.25) is 0 Å². The molecule has 0 bridgehead atoms. The Bertz CT molecular complexity index is 525. The van der Waals surface area contributed by atoms with Crippen LogP contribution in [0, 0.1) is 0 Å². The van der Waals surface area contributed by atoms with Crippen molar-refractivity contribution in [3.05, 3.63) is 53.6 Å². The highest BCUT2D eigenvalue weighted by Crippen LogP contribution is 2.19. The summed E-state index contributed by atoms with van der Waals surface area (Å²) in [6.45, 7) is 3.45. The van der Waals surface area contributed by atoms with Crippen LogP contribution in [0.2, 0.25) is 0 Å². The highest BCUT2D eigenvalue weighted by atomic mass is 16.5. The minimum absolute atomic E-state index is 0.352. The fourth-order valence-corrected chi connectivity index (χ4v) is 1.22. The van der Waals surface area contributed by atoms with E-state index in [4.69, 9.17) is 9.15 Å². The molecule has 2 aromatic rings. The summed E-state index contributed by atoms with van der Waals surface area (Å²) in [5.41, 5.74) is 0.198. The summed E-state index contributed by atoms with van der Waals surface area (Å²) in [7, 11) is 0. The van der Waals surface area contributed by atoms with Gasteiger partial charge in [0.15, 0.2) is 0 Å². The highest BCUT2D eigenvalue weighted by molar-refractivity contribution is 5.77. The monoisotopic (exact) mass is 188 g/mol. The maximum Gasteiger partial charge on any atom is 0.336 e. The van der Waals surface area contributed by atoms with Gasteiger partial charge in [-0.05, 0) is 24.3 Å². The second kappa shape index (κ2) is 3.38. The molecule has 0 radical (unpaired) electrons. The first-order chi connectivity index (χ1) is 6.79. The Labute approximate surface area is 80.2 Å². The molecule has 0 N–H and O–H groups in total. The number of hydrogen-bond acceptors (Lipinski definition) is 3. The Hall–Kier alpha value is -2.03. The Kier molecular flexibility index (Phi) is 2.07. The van der Waals surface area contributed by atoms with Crippen LogP contribution >= 0.6 is 0 Å². The molecule has 2 rings (SSSR count). The van der Waals surface area contributed by atoms with Gasteiger partial charge in [0.25, 0.3) is 0 Å². The van der Waals surface area contributed by atoms with E-state index in [1.807, 2.05) is 0 Å². The van der Waals surface area contributed by atoms with Gasteiger partial charge in [-0.15, -0.1) is 0 Å². The van der Waals surface area contributed by atoms with Crippen LogP contribution in [-0.2, 0) is 0 Å². The molecule has 70 valence electrons. The Balaban J connectivity index is 2.61. The van der Waals surface area contributed by atoms with Crippen molar-refractivity contribution in [1.29, 1.82) is 0 Å². The first-order valence-electron chi connectivity index (χ1n) is 4.11. The van der Waals surface area contributed by atoms with E-state index in [1.165, 1.54) is 12.3 Å². The third-order valence-electron chi connectivity index (χ3n) is 1.81. The molecule has 3 heteroatoms.